The molecule has 0 unspecified atom stereocenters. The normalized spacial score (nSPS) is 8.79. The summed E-state index contributed by atoms with van der Waals surface area (Å²) < 4.78 is 4.78. The first-order chi connectivity index (χ1) is 6.74. The molecule has 0 heterocycles. The summed E-state index contributed by atoms with van der Waals surface area (Å²) in [4.78, 5) is 10.7. The summed E-state index contributed by atoms with van der Waals surface area (Å²) in [6, 6.07) is 6.18. The highest BCUT2D eigenvalue weighted by atomic mass is 32.2. The summed E-state index contributed by atoms with van der Waals surface area (Å²) in [5.74, 6) is 0. The molecule has 0 spiro atoms. The summed E-state index contributed by atoms with van der Waals surface area (Å²) in [5.41, 5.74) is 0.0930. The molecule has 14 heavy (non-hydrogen) atoms. The van der Waals surface area contributed by atoms with Gasteiger partial charge in [-0.15, -0.1) is 0 Å². The minimum absolute atomic E-state index is 0.0930. The lowest BCUT2D eigenvalue weighted by atomic mass is 10.3. The molecule has 1 aromatic rings. The summed E-state index contributed by atoms with van der Waals surface area (Å²) in [6.07, 6.45) is 0. The highest BCUT2D eigenvalue weighted by molar-refractivity contribution is 7.94. The second-order valence-corrected chi connectivity index (χ2v) is 2.97. The Hall–Kier alpha value is -1.07. The van der Waals surface area contributed by atoms with Crippen molar-refractivity contribution in [3.8, 4) is 0 Å². The van der Waals surface area contributed by atoms with Crippen molar-refractivity contribution >= 4 is 17.7 Å². The van der Waals surface area contributed by atoms with Gasteiger partial charge in [0.15, 0.2) is 0 Å². The van der Waals surface area contributed by atoms with Crippen LogP contribution in [0.1, 0.15) is 13.8 Å². The van der Waals surface area contributed by atoms with Crippen LogP contribution in [-0.2, 0) is 4.18 Å². The molecule has 0 amide bonds. The number of nitro benzene ring substituents is 1. The quantitative estimate of drug-likeness (QED) is 0.441. The van der Waals surface area contributed by atoms with Crippen LogP contribution in [0.25, 0.3) is 0 Å². The van der Waals surface area contributed by atoms with Crippen molar-refractivity contribution in [2.75, 3.05) is 7.11 Å². The molecule has 5 heteroatoms. The molecule has 0 aliphatic rings. The van der Waals surface area contributed by atoms with Gasteiger partial charge >= 0.3 is 0 Å². The van der Waals surface area contributed by atoms with Crippen molar-refractivity contribution in [3.05, 3.63) is 34.4 Å². The predicted octanol–water partition coefficient (Wildman–Crippen LogP) is 3.27. The van der Waals surface area contributed by atoms with Gasteiger partial charge in [0.1, 0.15) is 0 Å². The lowest BCUT2D eigenvalue weighted by Crippen LogP contribution is -1.86. The maximum Gasteiger partial charge on any atom is 0.269 e. The van der Waals surface area contributed by atoms with Crippen molar-refractivity contribution in [3.63, 3.8) is 0 Å². The zero-order valence-electron chi connectivity index (χ0n) is 8.39. The monoisotopic (exact) mass is 215 g/mol. The predicted molar refractivity (Wildman–Crippen MR) is 57.3 cm³/mol. The van der Waals surface area contributed by atoms with Crippen LogP contribution in [0, 0.1) is 10.1 Å². The van der Waals surface area contributed by atoms with Crippen molar-refractivity contribution in [2.24, 2.45) is 0 Å². The first kappa shape index (κ1) is 12.9. The molecule has 1 aromatic carbocycles. The zero-order chi connectivity index (χ0) is 11.0. The summed E-state index contributed by atoms with van der Waals surface area (Å²) in [6.45, 7) is 4.00. The van der Waals surface area contributed by atoms with E-state index in [1.165, 1.54) is 24.2 Å². The third kappa shape index (κ3) is 4.25. The maximum atomic E-state index is 10.2. The van der Waals surface area contributed by atoms with Gasteiger partial charge in [0.05, 0.1) is 12.0 Å². The highest BCUT2D eigenvalue weighted by Crippen LogP contribution is 2.20. The van der Waals surface area contributed by atoms with Gasteiger partial charge in [-0.25, -0.2) is 0 Å². The van der Waals surface area contributed by atoms with Crippen molar-refractivity contribution in [1.82, 2.24) is 0 Å². The Labute approximate surface area is 87.6 Å². The van der Waals surface area contributed by atoms with Crippen LogP contribution in [0.4, 0.5) is 5.69 Å². The Bertz CT molecular complexity index is 274. The molecule has 0 radical (unpaired) electrons. The Kier molecular flexibility index (Phi) is 6.78. The standard InChI is InChI=1S/C7H7NO3S.C2H6/c1-11-12-7-4-2-6(3-5-7)8(9)10;1-2/h2-5H,1H3;1-2H3. The number of nitrogens with zero attached hydrogens (tertiary/aromatic N) is 1. The summed E-state index contributed by atoms with van der Waals surface area (Å²) >= 11 is 1.17. The number of hydrogen-bond donors (Lipinski definition) is 0. The molecule has 0 fully saturated rings. The van der Waals surface area contributed by atoms with Crippen LogP contribution in [0.2, 0.25) is 0 Å². The first-order valence-electron chi connectivity index (χ1n) is 4.19. The van der Waals surface area contributed by atoms with E-state index in [9.17, 15) is 10.1 Å². The fourth-order valence-corrected chi connectivity index (χ4v) is 1.16. The van der Waals surface area contributed by atoms with E-state index in [1.54, 1.807) is 19.2 Å². The average Bonchev–Trinajstić information content (AvgIpc) is 2.22. The zero-order valence-corrected chi connectivity index (χ0v) is 9.21. The summed E-state index contributed by atoms with van der Waals surface area (Å²) in [5, 5.41) is 10.2. The lowest BCUT2D eigenvalue weighted by Gasteiger charge is -1.95. The van der Waals surface area contributed by atoms with Gasteiger partial charge in [0, 0.05) is 29.1 Å². The van der Waals surface area contributed by atoms with Gasteiger partial charge < -0.3 is 4.18 Å². The van der Waals surface area contributed by atoms with Gasteiger partial charge in [-0.05, 0) is 12.1 Å². The SMILES string of the molecule is CC.COSc1ccc([N+](=O)[O-])cc1. The second kappa shape index (κ2) is 7.34. The minimum atomic E-state index is -0.429. The number of benzene rings is 1. The van der Waals surface area contributed by atoms with Crippen molar-refractivity contribution in [2.45, 2.75) is 18.7 Å². The number of hydrogen-bond acceptors (Lipinski definition) is 4. The third-order valence-corrected chi connectivity index (χ3v) is 1.86. The molecule has 0 N–H and O–H groups in total. The van der Waals surface area contributed by atoms with Crippen LogP contribution >= 0.6 is 12.0 Å². The van der Waals surface area contributed by atoms with E-state index in [0.717, 1.165) is 4.90 Å². The molecular weight excluding hydrogens is 202 g/mol. The molecule has 0 saturated carbocycles. The van der Waals surface area contributed by atoms with E-state index in [-0.39, 0.29) is 5.69 Å². The first-order valence-corrected chi connectivity index (χ1v) is 4.93. The van der Waals surface area contributed by atoms with E-state index < -0.39 is 4.92 Å². The fraction of sp³-hybridized carbons (Fsp3) is 0.333. The summed E-state index contributed by atoms with van der Waals surface area (Å²) in [7, 11) is 1.55. The molecule has 0 aromatic heterocycles. The van der Waals surface area contributed by atoms with E-state index >= 15 is 0 Å². The van der Waals surface area contributed by atoms with Crippen LogP contribution in [0.5, 0.6) is 0 Å². The lowest BCUT2D eigenvalue weighted by molar-refractivity contribution is -0.384. The maximum absolute atomic E-state index is 10.2. The van der Waals surface area contributed by atoms with Crippen LogP contribution in [-0.4, -0.2) is 12.0 Å². The van der Waals surface area contributed by atoms with Crippen LogP contribution in [0.15, 0.2) is 29.2 Å². The van der Waals surface area contributed by atoms with Gasteiger partial charge in [-0.3, -0.25) is 10.1 Å². The second-order valence-electron chi connectivity index (χ2n) is 2.00. The Morgan fingerprint density at radius 1 is 1.29 bits per heavy atom. The van der Waals surface area contributed by atoms with E-state index in [4.69, 9.17) is 4.18 Å². The highest BCUT2D eigenvalue weighted by Gasteiger charge is 2.03. The smallest absolute Gasteiger partial charge is 0.269 e. The average molecular weight is 215 g/mol. The van der Waals surface area contributed by atoms with Crippen molar-refractivity contribution in [1.29, 1.82) is 0 Å². The Balaban J connectivity index is 0.000000791. The van der Waals surface area contributed by atoms with E-state index in [1.807, 2.05) is 13.8 Å². The van der Waals surface area contributed by atoms with Crippen LogP contribution < -0.4 is 0 Å². The molecular formula is C9H13NO3S. The van der Waals surface area contributed by atoms with Gasteiger partial charge in [0.2, 0.25) is 0 Å². The Morgan fingerprint density at radius 3 is 2.14 bits per heavy atom. The molecule has 0 aliphatic carbocycles. The largest absolute Gasteiger partial charge is 0.314 e. The van der Waals surface area contributed by atoms with Crippen LogP contribution in [0.3, 0.4) is 0 Å². The van der Waals surface area contributed by atoms with Gasteiger partial charge in [0.25, 0.3) is 5.69 Å². The topological polar surface area (TPSA) is 52.4 Å². The number of non-ortho nitro benzene ring substituents is 1. The molecule has 0 atom stereocenters. The Morgan fingerprint density at radius 2 is 1.79 bits per heavy atom. The third-order valence-electron chi connectivity index (χ3n) is 1.23. The van der Waals surface area contributed by atoms with E-state index in [2.05, 4.69) is 0 Å². The fourth-order valence-electron chi connectivity index (χ4n) is 0.720. The molecule has 0 bridgehead atoms. The molecule has 4 nitrogen and oxygen atoms in total. The minimum Gasteiger partial charge on any atom is -0.314 e. The number of nitro groups is 1. The van der Waals surface area contributed by atoms with E-state index in [0.29, 0.717) is 0 Å². The number of rotatable bonds is 3. The van der Waals surface area contributed by atoms with Gasteiger partial charge in [-0.2, -0.15) is 0 Å². The molecule has 0 saturated heterocycles. The van der Waals surface area contributed by atoms with Gasteiger partial charge in [-0.1, -0.05) is 13.8 Å². The molecule has 0 aliphatic heterocycles. The van der Waals surface area contributed by atoms with Crippen molar-refractivity contribution < 1.29 is 9.11 Å². The molecule has 1 rings (SSSR count). The molecule has 78 valence electrons.